The Balaban J connectivity index is 1.85. The number of anilines is 2. The second-order valence-electron chi connectivity index (χ2n) is 5.26. The molecule has 10 heteroatoms. The summed E-state index contributed by atoms with van der Waals surface area (Å²) in [5.74, 6) is 0.167. The number of thiazole rings is 1. The molecule has 0 saturated carbocycles. The Labute approximate surface area is 158 Å². The summed E-state index contributed by atoms with van der Waals surface area (Å²) in [7, 11) is 0. The lowest BCUT2D eigenvalue weighted by Gasteiger charge is -2.06. The summed E-state index contributed by atoms with van der Waals surface area (Å²) in [5, 5.41) is 5.54. The molecule has 3 aromatic heterocycles. The van der Waals surface area contributed by atoms with Crippen LogP contribution in [-0.4, -0.2) is 31.9 Å². The van der Waals surface area contributed by atoms with E-state index in [4.69, 9.17) is 16.3 Å². The van der Waals surface area contributed by atoms with Crippen LogP contribution < -0.4 is 16.3 Å². The van der Waals surface area contributed by atoms with Crippen LogP contribution in [0.1, 0.15) is 17.5 Å². The Hall–Kier alpha value is -2.72. The van der Waals surface area contributed by atoms with Crippen molar-refractivity contribution in [1.29, 1.82) is 0 Å². The predicted octanol–water partition coefficient (Wildman–Crippen LogP) is 2.99. The molecule has 8 nitrogen and oxygen atoms in total. The van der Waals surface area contributed by atoms with Crippen LogP contribution in [0, 0.1) is 6.92 Å². The smallest absolute Gasteiger partial charge is 0.348 e. The van der Waals surface area contributed by atoms with Crippen LogP contribution in [0.25, 0.3) is 10.6 Å². The van der Waals surface area contributed by atoms with E-state index in [1.807, 2.05) is 32.2 Å². The van der Waals surface area contributed by atoms with E-state index in [0.29, 0.717) is 16.4 Å². The molecule has 0 saturated heterocycles. The van der Waals surface area contributed by atoms with Crippen LogP contribution >= 0.6 is 23.1 Å². The van der Waals surface area contributed by atoms with Crippen molar-refractivity contribution in [3.8, 4) is 16.6 Å². The van der Waals surface area contributed by atoms with E-state index in [2.05, 4.69) is 25.1 Å². The third-order valence-corrected chi connectivity index (χ3v) is 5.42. The molecule has 0 unspecified atom stereocenters. The van der Waals surface area contributed by atoms with Gasteiger partial charge < -0.3 is 16.3 Å². The van der Waals surface area contributed by atoms with Gasteiger partial charge in [-0.15, -0.1) is 23.1 Å². The highest BCUT2D eigenvalue weighted by Gasteiger charge is 2.14. The zero-order valence-electron chi connectivity index (χ0n) is 14.4. The number of nitrogens with zero attached hydrogens (tertiary/aromatic N) is 5. The third kappa shape index (κ3) is 3.75. The third-order valence-electron chi connectivity index (χ3n) is 3.41. The molecule has 3 aromatic rings. The molecule has 0 radical (unpaired) electrons. The lowest BCUT2D eigenvalue weighted by molar-refractivity contribution is 0.311. The Morgan fingerprint density at radius 2 is 2.08 bits per heavy atom. The summed E-state index contributed by atoms with van der Waals surface area (Å²) in [6.45, 7) is 3.76. The van der Waals surface area contributed by atoms with Gasteiger partial charge in [0.2, 0.25) is 0 Å². The topological polar surface area (TPSA) is 125 Å². The summed E-state index contributed by atoms with van der Waals surface area (Å²) in [6.07, 6.45) is 5.35. The van der Waals surface area contributed by atoms with Crippen LogP contribution in [0.2, 0.25) is 0 Å². The Morgan fingerprint density at radius 1 is 1.27 bits per heavy atom. The number of thioether (sulfide) groups is 1. The molecule has 3 rings (SSSR count). The van der Waals surface area contributed by atoms with Gasteiger partial charge in [-0.2, -0.15) is 9.97 Å². The largest absolute Gasteiger partial charge is 0.394 e. The van der Waals surface area contributed by atoms with Gasteiger partial charge in [0.25, 0.3) is 0 Å². The van der Waals surface area contributed by atoms with E-state index in [0.717, 1.165) is 21.1 Å². The maximum atomic E-state index is 5.81. The van der Waals surface area contributed by atoms with Crippen molar-refractivity contribution in [3.05, 3.63) is 35.1 Å². The first kappa shape index (κ1) is 18.1. The van der Waals surface area contributed by atoms with Gasteiger partial charge in [0.05, 0.1) is 16.3 Å². The van der Waals surface area contributed by atoms with E-state index in [9.17, 15) is 0 Å². The van der Waals surface area contributed by atoms with E-state index in [-0.39, 0.29) is 11.8 Å². The lowest BCUT2D eigenvalue weighted by atomic mass is 10.3. The van der Waals surface area contributed by atoms with Crippen LogP contribution in [0.15, 0.2) is 34.7 Å². The van der Waals surface area contributed by atoms with Gasteiger partial charge in [-0.05, 0) is 32.2 Å². The maximum Gasteiger partial charge on any atom is 0.348 e. The first-order chi connectivity index (χ1) is 12.5. The number of hydrogen-bond acceptors (Lipinski definition) is 10. The maximum absolute atomic E-state index is 5.81. The zero-order chi connectivity index (χ0) is 18.7. The van der Waals surface area contributed by atoms with Gasteiger partial charge in [-0.1, -0.05) is 5.16 Å². The molecule has 26 heavy (non-hydrogen) atoms. The predicted molar refractivity (Wildman–Crippen MR) is 106 cm³/mol. The number of aromatic nitrogens is 4. The first-order valence-electron chi connectivity index (χ1n) is 7.56. The normalized spacial score (nSPS) is 11.6. The molecule has 0 bridgehead atoms. The molecule has 0 aromatic carbocycles. The molecule has 0 aliphatic rings. The van der Waals surface area contributed by atoms with Crippen molar-refractivity contribution in [2.24, 2.45) is 5.16 Å². The number of oxime groups is 1. The zero-order valence-corrected chi connectivity index (χ0v) is 16.1. The highest BCUT2D eigenvalue weighted by atomic mass is 32.2. The van der Waals surface area contributed by atoms with E-state index >= 15 is 0 Å². The monoisotopic (exact) mass is 387 g/mol. The standard InChI is InChI=1S/C16H17N7OS2/c1-8-12(26-14(20-8)10-5-4-6-19-7-10)9(2)23-24-16-21-13(18)11(17)15(22-16)25-3/h4-7H,17H2,1-3H3,(H2,18,21,22)/b23-9+. The molecular formula is C16H17N7OS2. The molecule has 0 amide bonds. The molecule has 0 atom stereocenters. The van der Waals surface area contributed by atoms with Gasteiger partial charge in [-0.3, -0.25) is 4.98 Å². The molecule has 0 spiro atoms. The highest BCUT2D eigenvalue weighted by molar-refractivity contribution is 7.98. The van der Waals surface area contributed by atoms with Crippen LogP contribution in [0.5, 0.6) is 6.01 Å². The van der Waals surface area contributed by atoms with Gasteiger partial charge in [0, 0.05) is 18.0 Å². The summed E-state index contributed by atoms with van der Waals surface area (Å²) in [5.41, 5.74) is 14.4. The average Bonchev–Trinajstić information content (AvgIpc) is 3.05. The average molecular weight is 387 g/mol. The van der Waals surface area contributed by atoms with Crippen molar-refractivity contribution >= 4 is 40.3 Å². The minimum absolute atomic E-state index is 0.0510. The summed E-state index contributed by atoms with van der Waals surface area (Å²) in [4.78, 5) is 23.2. The fraction of sp³-hybridized carbons (Fsp3) is 0.188. The Kier molecular flexibility index (Phi) is 5.33. The fourth-order valence-corrected chi connectivity index (χ4v) is 3.62. The van der Waals surface area contributed by atoms with Crippen LogP contribution in [-0.2, 0) is 0 Å². The van der Waals surface area contributed by atoms with Crippen molar-refractivity contribution in [2.45, 2.75) is 18.9 Å². The minimum Gasteiger partial charge on any atom is -0.394 e. The first-order valence-corrected chi connectivity index (χ1v) is 9.60. The summed E-state index contributed by atoms with van der Waals surface area (Å²) < 4.78 is 0. The highest BCUT2D eigenvalue weighted by Crippen LogP contribution is 2.29. The summed E-state index contributed by atoms with van der Waals surface area (Å²) in [6, 6.07) is 3.89. The lowest BCUT2D eigenvalue weighted by Crippen LogP contribution is -2.05. The molecule has 134 valence electrons. The number of aryl methyl sites for hydroxylation is 1. The van der Waals surface area contributed by atoms with Gasteiger partial charge in [-0.25, -0.2) is 4.98 Å². The van der Waals surface area contributed by atoms with Crippen molar-refractivity contribution in [3.63, 3.8) is 0 Å². The van der Waals surface area contributed by atoms with E-state index < -0.39 is 0 Å². The number of rotatable bonds is 5. The number of hydrogen-bond donors (Lipinski definition) is 2. The Bertz CT molecular complexity index is 957. The van der Waals surface area contributed by atoms with E-state index in [1.54, 1.807) is 12.4 Å². The van der Waals surface area contributed by atoms with Crippen molar-refractivity contribution < 1.29 is 4.84 Å². The fourth-order valence-electron chi connectivity index (χ4n) is 2.14. The molecule has 0 aliphatic heterocycles. The quantitative estimate of drug-likeness (QED) is 0.296. The molecule has 0 aliphatic carbocycles. The summed E-state index contributed by atoms with van der Waals surface area (Å²) >= 11 is 2.88. The van der Waals surface area contributed by atoms with Gasteiger partial charge in [0.15, 0.2) is 5.82 Å². The van der Waals surface area contributed by atoms with Gasteiger partial charge >= 0.3 is 6.01 Å². The Morgan fingerprint density at radius 3 is 2.77 bits per heavy atom. The van der Waals surface area contributed by atoms with Crippen molar-refractivity contribution in [2.75, 3.05) is 17.7 Å². The number of nitrogen functional groups attached to an aromatic ring is 2. The van der Waals surface area contributed by atoms with E-state index in [1.165, 1.54) is 23.1 Å². The van der Waals surface area contributed by atoms with Gasteiger partial charge in [0.1, 0.15) is 15.7 Å². The SMILES string of the molecule is CSc1nc(O/N=C(\C)c2sc(-c3cccnc3)nc2C)nc(N)c1N. The number of pyridine rings is 1. The second kappa shape index (κ2) is 7.67. The number of nitrogens with two attached hydrogens (primary N) is 2. The second-order valence-corrected chi connectivity index (χ2v) is 7.05. The van der Waals surface area contributed by atoms with Crippen molar-refractivity contribution in [1.82, 2.24) is 19.9 Å². The molecular weight excluding hydrogens is 370 g/mol. The van der Waals surface area contributed by atoms with Crippen LogP contribution in [0.4, 0.5) is 11.5 Å². The van der Waals surface area contributed by atoms with Crippen LogP contribution in [0.3, 0.4) is 0 Å². The molecule has 3 heterocycles. The molecule has 0 fully saturated rings. The minimum atomic E-state index is 0.0510. The molecule has 4 N–H and O–H groups in total.